The van der Waals surface area contributed by atoms with Gasteiger partial charge in [0.2, 0.25) is 0 Å². The van der Waals surface area contributed by atoms with Crippen LogP contribution in [0, 0.1) is 0 Å². The predicted octanol–water partition coefficient (Wildman–Crippen LogP) is 5.06. The fourth-order valence-electron chi connectivity index (χ4n) is 2.15. The molecular weight excluding hydrogens is 302 g/mol. The second kappa shape index (κ2) is 11.2. The van der Waals surface area contributed by atoms with Crippen molar-refractivity contribution in [3.8, 4) is 5.75 Å². The first-order valence-electron chi connectivity index (χ1n) is 7.97. The molecule has 2 N–H and O–H groups in total. The molecule has 0 aliphatic carbocycles. The van der Waals surface area contributed by atoms with Crippen molar-refractivity contribution in [2.24, 2.45) is 5.73 Å². The highest BCUT2D eigenvalue weighted by molar-refractivity contribution is 6.32. The molecule has 1 aromatic rings. The average molecular weight is 328 g/mol. The Morgan fingerprint density at radius 1 is 1.14 bits per heavy atom. The minimum Gasteiger partial charge on any atom is -0.492 e. The SMILES string of the molecule is CCCCCCCCCOc1ccc(COC(N)=O)cc1Cl. The fraction of sp³-hybridized carbons (Fsp3) is 0.588. The van der Waals surface area contributed by atoms with Gasteiger partial charge in [0.15, 0.2) is 0 Å². The Hall–Kier alpha value is -1.42. The first kappa shape index (κ1) is 18.6. The molecule has 0 spiro atoms. The van der Waals surface area contributed by atoms with E-state index in [1.807, 2.05) is 6.07 Å². The average Bonchev–Trinajstić information content (AvgIpc) is 2.49. The van der Waals surface area contributed by atoms with Gasteiger partial charge in [-0.3, -0.25) is 0 Å². The number of hydrogen-bond acceptors (Lipinski definition) is 3. The summed E-state index contributed by atoms with van der Waals surface area (Å²) in [4.78, 5) is 10.6. The van der Waals surface area contributed by atoms with Gasteiger partial charge in [-0.05, 0) is 24.1 Å². The molecule has 0 fully saturated rings. The van der Waals surface area contributed by atoms with E-state index in [0.29, 0.717) is 17.4 Å². The van der Waals surface area contributed by atoms with Crippen LogP contribution in [0.2, 0.25) is 5.02 Å². The molecule has 5 heteroatoms. The van der Waals surface area contributed by atoms with Crippen LogP contribution in [0.15, 0.2) is 18.2 Å². The van der Waals surface area contributed by atoms with Crippen LogP contribution >= 0.6 is 11.6 Å². The number of carbonyl (C=O) groups is 1. The maximum Gasteiger partial charge on any atom is 0.404 e. The van der Waals surface area contributed by atoms with E-state index in [0.717, 1.165) is 12.0 Å². The lowest BCUT2D eigenvalue weighted by molar-refractivity contribution is 0.150. The Kier molecular flexibility index (Phi) is 9.47. The van der Waals surface area contributed by atoms with Gasteiger partial charge in [-0.2, -0.15) is 0 Å². The van der Waals surface area contributed by atoms with Crippen LogP contribution in [0.25, 0.3) is 0 Å². The number of ether oxygens (including phenoxy) is 2. The second-order valence-corrected chi connectivity index (χ2v) is 5.75. The molecule has 0 aromatic heterocycles. The summed E-state index contributed by atoms with van der Waals surface area (Å²) in [6.45, 7) is 3.01. The zero-order valence-corrected chi connectivity index (χ0v) is 14.0. The van der Waals surface area contributed by atoms with E-state index in [1.165, 1.54) is 38.5 Å². The maximum atomic E-state index is 10.6. The summed E-state index contributed by atoms with van der Waals surface area (Å²) in [5.41, 5.74) is 5.71. The molecule has 1 rings (SSSR count). The lowest BCUT2D eigenvalue weighted by Crippen LogP contribution is -2.12. The number of carbonyl (C=O) groups excluding carboxylic acids is 1. The molecule has 0 unspecified atom stereocenters. The van der Waals surface area contributed by atoms with E-state index in [9.17, 15) is 4.79 Å². The highest BCUT2D eigenvalue weighted by Gasteiger charge is 2.04. The van der Waals surface area contributed by atoms with Crippen LogP contribution in [0.3, 0.4) is 0 Å². The molecule has 0 aliphatic rings. The van der Waals surface area contributed by atoms with Crippen LogP contribution in [0.4, 0.5) is 4.79 Å². The van der Waals surface area contributed by atoms with E-state index >= 15 is 0 Å². The Morgan fingerprint density at radius 2 is 1.82 bits per heavy atom. The van der Waals surface area contributed by atoms with Gasteiger partial charge in [-0.15, -0.1) is 0 Å². The number of halogens is 1. The topological polar surface area (TPSA) is 61.6 Å². The van der Waals surface area contributed by atoms with Crippen LogP contribution in [0.1, 0.15) is 57.4 Å². The van der Waals surface area contributed by atoms with Crippen LogP contribution in [0.5, 0.6) is 5.75 Å². The molecule has 0 saturated carbocycles. The summed E-state index contributed by atoms with van der Waals surface area (Å²) in [5, 5.41) is 0.522. The van der Waals surface area contributed by atoms with E-state index in [2.05, 4.69) is 6.92 Å². The predicted molar refractivity (Wildman–Crippen MR) is 89.3 cm³/mol. The number of benzene rings is 1. The van der Waals surface area contributed by atoms with Crippen LogP contribution in [-0.4, -0.2) is 12.7 Å². The number of hydrogen-bond donors (Lipinski definition) is 1. The Bertz CT molecular complexity index is 452. The first-order chi connectivity index (χ1) is 10.6. The Balaban J connectivity index is 2.21. The third-order valence-corrected chi connectivity index (χ3v) is 3.68. The fourth-order valence-corrected chi connectivity index (χ4v) is 2.40. The first-order valence-corrected chi connectivity index (χ1v) is 8.34. The van der Waals surface area contributed by atoms with Gasteiger partial charge in [0.1, 0.15) is 12.4 Å². The van der Waals surface area contributed by atoms with Gasteiger partial charge < -0.3 is 15.2 Å². The standard InChI is InChI=1S/C17H26ClNO3/c1-2-3-4-5-6-7-8-11-21-16-10-9-14(12-15(16)18)13-22-17(19)20/h9-10,12H,2-8,11,13H2,1H3,(H2,19,20). The number of nitrogens with two attached hydrogens (primary N) is 1. The van der Waals surface area contributed by atoms with Crippen molar-refractivity contribution in [2.75, 3.05) is 6.61 Å². The smallest absolute Gasteiger partial charge is 0.404 e. The molecule has 0 radical (unpaired) electrons. The summed E-state index contributed by atoms with van der Waals surface area (Å²) in [5.74, 6) is 0.662. The Morgan fingerprint density at radius 3 is 2.45 bits per heavy atom. The van der Waals surface area contributed by atoms with Crippen molar-refractivity contribution in [1.29, 1.82) is 0 Å². The lowest BCUT2D eigenvalue weighted by Gasteiger charge is -2.09. The molecule has 0 bridgehead atoms. The zero-order valence-electron chi connectivity index (χ0n) is 13.3. The Labute approximate surface area is 137 Å². The molecule has 124 valence electrons. The molecule has 0 atom stereocenters. The molecule has 0 heterocycles. The monoisotopic (exact) mass is 327 g/mol. The number of primary amides is 1. The van der Waals surface area contributed by atoms with Crippen LogP contribution < -0.4 is 10.5 Å². The second-order valence-electron chi connectivity index (χ2n) is 5.34. The zero-order chi connectivity index (χ0) is 16.2. The van der Waals surface area contributed by atoms with Crippen molar-refractivity contribution in [1.82, 2.24) is 0 Å². The molecular formula is C17H26ClNO3. The molecule has 0 aliphatic heterocycles. The molecule has 4 nitrogen and oxygen atoms in total. The van der Waals surface area contributed by atoms with Crippen molar-refractivity contribution in [3.63, 3.8) is 0 Å². The third kappa shape index (κ3) is 8.13. The summed E-state index contributed by atoms with van der Waals surface area (Å²) in [6, 6.07) is 5.34. The normalized spacial score (nSPS) is 10.5. The van der Waals surface area contributed by atoms with Gasteiger partial charge in [0.25, 0.3) is 0 Å². The van der Waals surface area contributed by atoms with Crippen molar-refractivity contribution >= 4 is 17.7 Å². The minimum atomic E-state index is -0.796. The van der Waals surface area contributed by atoms with Crippen molar-refractivity contribution < 1.29 is 14.3 Å². The number of unbranched alkanes of at least 4 members (excludes halogenated alkanes) is 6. The van der Waals surface area contributed by atoms with Crippen molar-refractivity contribution in [3.05, 3.63) is 28.8 Å². The van der Waals surface area contributed by atoms with E-state index in [1.54, 1.807) is 12.1 Å². The maximum absolute atomic E-state index is 10.6. The van der Waals surface area contributed by atoms with Gasteiger partial charge in [-0.25, -0.2) is 4.79 Å². The van der Waals surface area contributed by atoms with Gasteiger partial charge in [-0.1, -0.05) is 63.1 Å². The van der Waals surface area contributed by atoms with Crippen molar-refractivity contribution in [2.45, 2.75) is 58.5 Å². The largest absolute Gasteiger partial charge is 0.492 e. The summed E-state index contributed by atoms with van der Waals surface area (Å²) in [7, 11) is 0. The lowest BCUT2D eigenvalue weighted by atomic mass is 10.1. The number of rotatable bonds is 11. The van der Waals surface area contributed by atoms with Crippen LogP contribution in [-0.2, 0) is 11.3 Å². The number of amides is 1. The summed E-state index contributed by atoms with van der Waals surface area (Å²) >= 11 is 6.15. The van der Waals surface area contributed by atoms with Gasteiger partial charge >= 0.3 is 6.09 Å². The van der Waals surface area contributed by atoms with Gasteiger partial charge in [0, 0.05) is 0 Å². The minimum absolute atomic E-state index is 0.118. The highest BCUT2D eigenvalue weighted by atomic mass is 35.5. The highest BCUT2D eigenvalue weighted by Crippen LogP contribution is 2.26. The summed E-state index contributed by atoms with van der Waals surface area (Å²) < 4.78 is 10.4. The third-order valence-electron chi connectivity index (χ3n) is 3.38. The molecule has 1 amide bonds. The van der Waals surface area contributed by atoms with E-state index in [-0.39, 0.29) is 6.61 Å². The summed E-state index contributed by atoms with van der Waals surface area (Å²) in [6.07, 6.45) is 7.94. The molecule has 22 heavy (non-hydrogen) atoms. The molecule has 1 aromatic carbocycles. The van der Waals surface area contributed by atoms with E-state index in [4.69, 9.17) is 26.8 Å². The van der Waals surface area contributed by atoms with Gasteiger partial charge in [0.05, 0.1) is 11.6 Å². The molecule has 0 saturated heterocycles. The van der Waals surface area contributed by atoms with E-state index < -0.39 is 6.09 Å². The quantitative estimate of drug-likeness (QED) is 0.577.